The van der Waals surface area contributed by atoms with E-state index in [0.717, 1.165) is 53.8 Å². The zero-order chi connectivity index (χ0) is 17.4. The molecule has 8 heteroatoms. The average molecular weight is 338 g/mol. The fourth-order valence-electron chi connectivity index (χ4n) is 3.25. The highest BCUT2D eigenvalue weighted by Crippen LogP contribution is 2.27. The second-order valence-corrected chi connectivity index (χ2v) is 6.48. The van der Waals surface area contributed by atoms with Crippen molar-refractivity contribution in [3.05, 3.63) is 24.5 Å². The smallest absolute Gasteiger partial charge is 0.165 e. The summed E-state index contributed by atoms with van der Waals surface area (Å²) in [5, 5.41) is 6.94. The lowest BCUT2D eigenvalue weighted by molar-refractivity contribution is 0.593. The van der Waals surface area contributed by atoms with Crippen LogP contribution in [0.3, 0.4) is 0 Å². The maximum Gasteiger partial charge on any atom is 0.165 e. The van der Waals surface area contributed by atoms with Crippen LogP contribution < -0.4 is 10.6 Å². The molecule has 0 bridgehead atoms. The third kappa shape index (κ3) is 2.82. The van der Waals surface area contributed by atoms with E-state index in [2.05, 4.69) is 49.0 Å². The lowest BCUT2D eigenvalue weighted by atomic mass is 10.1. The molecule has 4 rings (SSSR count). The number of aryl methyl sites for hydroxylation is 2. The first-order valence-electron chi connectivity index (χ1n) is 8.65. The first-order chi connectivity index (χ1) is 12.2. The van der Waals surface area contributed by atoms with E-state index >= 15 is 0 Å². The number of rotatable bonds is 4. The van der Waals surface area contributed by atoms with Crippen molar-refractivity contribution in [2.75, 3.05) is 18.4 Å². The van der Waals surface area contributed by atoms with E-state index < -0.39 is 0 Å². The molecule has 2 unspecified atom stereocenters. The van der Waals surface area contributed by atoms with Gasteiger partial charge in [0.05, 0.1) is 5.56 Å². The fraction of sp³-hybridized carbons (Fsp3) is 0.471. The molecule has 1 aliphatic heterocycles. The van der Waals surface area contributed by atoms with Crippen LogP contribution in [0.25, 0.3) is 22.6 Å². The van der Waals surface area contributed by atoms with Gasteiger partial charge in [-0.3, -0.25) is 0 Å². The van der Waals surface area contributed by atoms with E-state index in [9.17, 15) is 0 Å². The van der Waals surface area contributed by atoms with Crippen molar-refractivity contribution in [1.29, 1.82) is 0 Å². The van der Waals surface area contributed by atoms with Gasteiger partial charge in [0.2, 0.25) is 0 Å². The van der Waals surface area contributed by atoms with Crippen LogP contribution >= 0.6 is 0 Å². The molecule has 0 saturated carbocycles. The summed E-state index contributed by atoms with van der Waals surface area (Å²) in [5.74, 6) is 2.89. The van der Waals surface area contributed by atoms with Gasteiger partial charge in [-0.15, -0.1) is 0 Å². The molecule has 3 aromatic heterocycles. The Balaban J connectivity index is 1.80. The Morgan fingerprint density at radius 1 is 1.20 bits per heavy atom. The minimum Gasteiger partial charge on any atom is -0.364 e. The summed E-state index contributed by atoms with van der Waals surface area (Å²) in [4.78, 5) is 22.3. The van der Waals surface area contributed by atoms with Crippen LogP contribution in [0.4, 0.5) is 5.82 Å². The second-order valence-electron chi connectivity index (χ2n) is 6.48. The summed E-state index contributed by atoms with van der Waals surface area (Å²) in [6.07, 6.45) is 5.21. The molecule has 0 spiro atoms. The predicted molar refractivity (Wildman–Crippen MR) is 96.2 cm³/mol. The summed E-state index contributed by atoms with van der Waals surface area (Å²) < 4.78 is 2.08. The predicted octanol–water partition coefficient (Wildman–Crippen LogP) is 1.63. The first kappa shape index (κ1) is 15.9. The van der Waals surface area contributed by atoms with E-state index in [0.29, 0.717) is 12.0 Å². The lowest BCUT2D eigenvalue weighted by Crippen LogP contribution is -2.27. The van der Waals surface area contributed by atoms with E-state index in [1.54, 1.807) is 18.7 Å². The molecule has 1 aliphatic rings. The quantitative estimate of drug-likeness (QED) is 0.747. The van der Waals surface area contributed by atoms with Crippen LogP contribution in [-0.4, -0.2) is 48.6 Å². The lowest BCUT2D eigenvalue weighted by Gasteiger charge is -2.16. The number of imidazole rings is 1. The topological polar surface area (TPSA) is 93.4 Å². The molecular weight excluding hydrogens is 316 g/mol. The SMILES string of the molecule is CCn1c(-c2cnc(C)nc2)nc2c(NC3CNCC3C)ncnc21. The number of aromatic nitrogens is 6. The Morgan fingerprint density at radius 3 is 2.68 bits per heavy atom. The van der Waals surface area contributed by atoms with E-state index in [1.165, 1.54) is 0 Å². The number of fused-ring (bicyclic) bond motifs is 1. The molecule has 3 aromatic rings. The van der Waals surface area contributed by atoms with Crippen molar-refractivity contribution in [2.24, 2.45) is 5.92 Å². The van der Waals surface area contributed by atoms with Gasteiger partial charge in [-0.05, 0) is 26.3 Å². The third-order valence-corrected chi connectivity index (χ3v) is 4.73. The van der Waals surface area contributed by atoms with Crippen LogP contribution in [0.2, 0.25) is 0 Å². The highest BCUT2D eigenvalue weighted by molar-refractivity contribution is 5.86. The summed E-state index contributed by atoms with van der Waals surface area (Å²) in [6, 6.07) is 0.344. The molecule has 0 aromatic carbocycles. The number of hydrogen-bond donors (Lipinski definition) is 2. The van der Waals surface area contributed by atoms with Crippen LogP contribution in [0.1, 0.15) is 19.7 Å². The maximum absolute atomic E-state index is 4.83. The normalized spacial score (nSPS) is 20.3. The average Bonchev–Trinajstić information content (AvgIpc) is 3.19. The Labute approximate surface area is 146 Å². The van der Waals surface area contributed by atoms with Crippen LogP contribution in [0.15, 0.2) is 18.7 Å². The highest BCUT2D eigenvalue weighted by Gasteiger charge is 2.25. The van der Waals surface area contributed by atoms with Crippen molar-refractivity contribution in [3.63, 3.8) is 0 Å². The minimum atomic E-state index is 0.344. The zero-order valence-electron chi connectivity index (χ0n) is 14.7. The number of nitrogens with one attached hydrogen (secondary N) is 2. The monoisotopic (exact) mass is 338 g/mol. The summed E-state index contributed by atoms with van der Waals surface area (Å²) in [6.45, 7) is 8.89. The van der Waals surface area contributed by atoms with Crippen LogP contribution in [0, 0.1) is 12.8 Å². The molecule has 0 amide bonds. The number of anilines is 1. The molecule has 0 radical (unpaired) electrons. The van der Waals surface area contributed by atoms with Gasteiger partial charge < -0.3 is 15.2 Å². The van der Waals surface area contributed by atoms with Crippen molar-refractivity contribution in [3.8, 4) is 11.4 Å². The van der Waals surface area contributed by atoms with Gasteiger partial charge in [-0.2, -0.15) is 0 Å². The largest absolute Gasteiger partial charge is 0.364 e. The first-order valence-corrected chi connectivity index (χ1v) is 8.65. The van der Waals surface area contributed by atoms with Gasteiger partial charge in [0.15, 0.2) is 17.0 Å². The molecule has 2 atom stereocenters. The van der Waals surface area contributed by atoms with E-state index in [1.807, 2.05) is 6.92 Å². The van der Waals surface area contributed by atoms with E-state index in [4.69, 9.17) is 4.98 Å². The standard InChI is InChI=1S/C17H22N8/c1-4-25-16(12-6-19-11(3)20-7-12)24-14-15(21-9-22-17(14)25)23-13-8-18-5-10(13)2/h6-7,9-10,13,18H,4-5,8H2,1-3H3,(H,21,22,23). The molecule has 0 aliphatic carbocycles. The molecular formula is C17H22N8. The van der Waals surface area contributed by atoms with Gasteiger partial charge in [0, 0.05) is 31.5 Å². The van der Waals surface area contributed by atoms with Gasteiger partial charge >= 0.3 is 0 Å². The van der Waals surface area contributed by atoms with Gasteiger partial charge in [-0.25, -0.2) is 24.9 Å². The molecule has 130 valence electrons. The van der Waals surface area contributed by atoms with Crippen LogP contribution in [-0.2, 0) is 6.54 Å². The summed E-state index contributed by atoms with van der Waals surface area (Å²) >= 11 is 0. The van der Waals surface area contributed by atoms with Gasteiger partial charge in [-0.1, -0.05) is 6.92 Å². The molecule has 4 heterocycles. The van der Waals surface area contributed by atoms with Crippen molar-refractivity contribution in [1.82, 2.24) is 34.8 Å². The summed E-state index contributed by atoms with van der Waals surface area (Å²) in [5.41, 5.74) is 2.50. The number of hydrogen-bond acceptors (Lipinski definition) is 7. The van der Waals surface area contributed by atoms with Crippen molar-refractivity contribution >= 4 is 17.0 Å². The molecule has 8 nitrogen and oxygen atoms in total. The molecule has 25 heavy (non-hydrogen) atoms. The van der Waals surface area contributed by atoms with Gasteiger partial charge in [0.25, 0.3) is 0 Å². The molecule has 1 fully saturated rings. The highest BCUT2D eigenvalue weighted by atomic mass is 15.2. The molecule has 1 saturated heterocycles. The Morgan fingerprint density at radius 2 is 2.00 bits per heavy atom. The van der Waals surface area contributed by atoms with Gasteiger partial charge in [0.1, 0.15) is 18.0 Å². The third-order valence-electron chi connectivity index (χ3n) is 4.73. The van der Waals surface area contributed by atoms with Crippen molar-refractivity contribution in [2.45, 2.75) is 33.4 Å². The Kier molecular flexibility index (Phi) is 4.04. The second kappa shape index (κ2) is 6.36. The fourth-order valence-corrected chi connectivity index (χ4v) is 3.25. The zero-order valence-corrected chi connectivity index (χ0v) is 14.7. The van der Waals surface area contributed by atoms with Crippen molar-refractivity contribution < 1.29 is 0 Å². The summed E-state index contributed by atoms with van der Waals surface area (Å²) in [7, 11) is 0. The van der Waals surface area contributed by atoms with E-state index in [-0.39, 0.29) is 0 Å². The Bertz CT molecular complexity index is 886. The molecule has 2 N–H and O–H groups in total. The number of nitrogens with zero attached hydrogens (tertiary/aromatic N) is 6. The Hall–Kier alpha value is -2.61. The van der Waals surface area contributed by atoms with Crippen LogP contribution in [0.5, 0.6) is 0 Å². The minimum absolute atomic E-state index is 0.344. The maximum atomic E-state index is 4.83.